The molecular weight excluding hydrogens is 316 g/mol. The van der Waals surface area contributed by atoms with Gasteiger partial charge in [-0.1, -0.05) is 24.3 Å². The number of anilines is 1. The van der Waals surface area contributed by atoms with Gasteiger partial charge in [0.1, 0.15) is 0 Å². The molecule has 2 N–H and O–H groups in total. The molecule has 3 rings (SSSR count). The third kappa shape index (κ3) is 4.79. The van der Waals surface area contributed by atoms with E-state index in [1.54, 1.807) is 11.1 Å². The highest BCUT2D eigenvalue weighted by atomic mass is 16.2. The first-order chi connectivity index (χ1) is 12.2. The minimum atomic E-state index is -0.181. The number of aromatic nitrogens is 1. The summed E-state index contributed by atoms with van der Waals surface area (Å²) in [5, 5.41) is 5.79. The molecule has 6 heteroatoms. The van der Waals surface area contributed by atoms with Crippen LogP contribution in [-0.4, -0.2) is 34.9 Å². The van der Waals surface area contributed by atoms with Gasteiger partial charge in [-0.3, -0.25) is 9.78 Å². The molecule has 1 aromatic heterocycles. The molecule has 1 fully saturated rings. The van der Waals surface area contributed by atoms with E-state index in [9.17, 15) is 9.59 Å². The molecule has 130 valence electrons. The van der Waals surface area contributed by atoms with Gasteiger partial charge in [-0.15, -0.1) is 0 Å². The fraction of sp³-hybridized carbons (Fsp3) is 0.316. The summed E-state index contributed by atoms with van der Waals surface area (Å²) in [6.07, 6.45) is 3.32. The molecular formula is C19H22N4O2. The third-order valence-corrected chi connectivity index (χ3v) is 4.27. The number of likely N-dealkylation sites (tertiary alicyclic amines) is 1. The molecule has 0 radical (unpaired) electrons. The van der Waals surface area contributed by atoms with Crippen LogP contribution in [0.2, 0.25) is 0 Å². The van der Waals surface area contributed by atoms with Crippen molar-refractivity contribution in [2.24, 2.45) is 5.92 Å². The summed E-state index contributed by atoms with van der Waals surface area (Å²) < 4.78 is 0. The van der Waals surface area contributed by atoms with Crippen molar-refractivity contribution in [2.75, 3.05) is 18.4 Å². The molecule has 1 aliphatic heterocycles. The molecule has 1 aromatic carbocycles. The first-order valence-electron chi connectivity index (χ1n) is 8.51. The summed E-state index contributed by atoms with van der Waals surface area (Å²) >= 11 is 0. The number of nitrogens with one attached hydrogen (secondary N) is 2. The van der Waals surface area contributed by atoms with E-state index in [2.05, 4.69) is 15.6 Å². The lowest BCUT2D eigenvalue weighted by molar-refractivity contribution is -0.126. The van der Waals surface area contributed by atoms with Crippen molar-refractivity contribution in [3.05, 3.63) is 60.4 Å². The predicted octanol–water partition coefficient (Wildman–Crippen LogP) is 2.64. The standard InChI is InChI=1S/C19H22N4O2/c24-18(21-13-17-10-4-5-11-20-17)15-7-6-12-23(14-15)19(25)22-16-8-2-1-3-9-16/h1-5,8-11,15H,6-7,12-14H2,(H,21,24)(H,22,25). The van der Waals surface area contributed by atoms with Gasteiger partial charge in [0.25, 0.3) is 0 Å². The molecule has 1 unspecified atom stereocenters. The van der Waals surface area contributed by atoms with Crippen molar-refractivity contribution in [3.8, 4) is 0 Å². The van der Waals surface area contributed by atoms with Crippen molar-refractivity contribution in [1.82, 2.24) is 15.2 Å². The molecule has 1 atom stereocenters. The Kier molecular flexibility index (Phi) is 5.61. The van der Waals surface area contributed by atoms with Gasteiger partial charge < -0.3 is 15.5 Å². The van der Waals surface area contributed by atoms with Gasteiger partial charge in [-0.05, 0) is 37.1 Å². The van der Waals surface area contributed by atoms with Crippen LogP contribution in [0.4, 0.5) is 10.5 Å². The quantitative estimate of drug-likeness (QED) is 0.900. The minimum Gasteiger partial charge on any atom is -0.350 e. The smallest absolute Gasteiger partial charge is 0.321 e. The van der Waals surface area contributed by atoms with Crippen LogP contribution in [0.15, 0.2) is 54.7 Å². The lowest BCUT2D eigenvalue weighted by Gasteiger charge is -2.32. The molecule has 6 nitrogen and oxygen atoms in total. The number of carbonyl (C=O) groups excluding carboxylic acids is 2. The lowest BCUT2D eigenvalue weighted by atomic mass is 9.97. The van der Waals surface area contributed by atoms with Gasteiger partial charge in [0.05, 0.1) is 18.2 Å². The Bertz CT molecular complexity index is 706. The fourth-order valence-electron chi connectivity index (χ4n) is 2.92. The highest BCUT2D eigenvalue weighted by Gasteiger charge is 2.28. The average molecular weight is 338 g/mol. The molecule has 2 heterocycles. The number of carbonyl (C=O) groups is 2. The van der Waals surface area contributed by atoms with Gasteiger partial charge in [0.2, 0.25) is 5.91 Å². The Balaban J connectivity index is 1.51. The zero-order valence-corrected chi connectivity index (χ0v) is 14.0. The Morgan fingerprint density at radius 1 is 1.12 bits per heavy atom. The van der Waals surface area contributed by atoms with Crippen molar-refractivity contribution < 1.29 is 9.59 Å². The largest absolute Gasteiger partial charge is 0.350 e. The fourth-order valence-corrected chi connectivity index (χ4v) is 2.92. The Hall–Kier alpha value is -2.89. The van der Waals surface area contributed by atoms with Gasteiger partial charge in [0.15, 0.2) is 0 Å². The number of piperidine rings is 1. The van der Waals surface area contributed by atoms with Crippen LogP contribution in [-0.2, 0) is 11.3 Å². The highest BCUT2D eigenvalue weighted by molar-refractivity contribution is 5.90. The number of hydrogen-bond donors (Lipinski definition) is 2. The number of nitrogens with zero attached hydrogens (tertiary/aromatic N) is 2. The first kappa shape index (κ1) is 17.0. The second-order valence-corrected chi connectivity index (χ2v) is 6.12. The molecule has 1 saturated heterocycles. The van der Waals surface area contributed by atoms with Crippen molar-refractivity contribution in [2.45, 2.75) is 19.4 Å². The van der Waals surface area contributed by atoms with Crippen molar-refractivity contribution in [1.29, 1.82) is 0 Å². The normalized spacial score (nSPS) is 17.0. The van der Waals surface area contributed by atoms with E-state index in [-0.39, 0.29) is 17.9 Å². The maximum absolute atomic E-state index is 12.4. The van der Waals surface area contributed by atoms with Crippen LogP contribution < -0.4 is 10.6 Å². The number of hydrogen-bond acceptors (Lipinski definition) is 3. The van der Waals surface area contributed by atoms with Crippen LogP contribution in [0.25, 0.3) is 0 Å². The molecule has 0 bridgehead atoms. The van der Waals surface area contributed by atoms with Crippen LogP contribution >= 0.6 is 0 Å². The molecule has 1 aliphatic rings. The second-order valence-electron chi connectivity index (χ2n) is 6.12. The predicted molar refractivity (Wildman–Crippen MR) is 95.8 cm³/mol. The number of urea groups is 1. The van der Waals surface area contributed by atoms with E-state index in [0.717, 1.165) is 24.2 Å². The minimum absolute atomic E-state index is 0.0251. The highest BCUT2D eigenvalue weighted by Crippen LogP contribution is 2.18. The average Bonchev–Trinajstić information content (AvgIpc) is 2.68. The maximum atomic E-state index is 12.4. The summed E-state index contributed by atoms with van der Waals surface area (Å²) in [5.74, 6) is -0.207. The Morgan fingerprint density at radius 3 is 2.68 bits per heavy atom. The second kappa shape index (κ2) is 8.28. The van der Waals surface area contributed by atoms with E-state index >= 15 is 0 Å². The van der Waals surface area contributed by atoms with Gasteiger partial charge in [-0.2, -0.15) is 0 Å². The topological polar surface area (TPSA) is 74.3 Å². The number of amides is 3. The zero-order chi connectivity index (χ0) is 17.5. The summed E-state index contributed by atoms with van der Waals surface area (Å²) in [6, 6.07) is 14.8. The summed E-state index contributed by atoms with van der Waals surface area (Å²) in [6.45, 7) is 1.52. The number of benzene rings is 1. The molecule has 25 heavy (non-hydrogen) atoms. The molecule has 0 aliphatic carbocycles. The Morgan fingerprint density at radius 2 is 1.92 bits per heavy atom. The molecule has 2 aromatic rings. The Labute approximate surface area is 147 Å². The van der Waals surface area contributed by atoms with E-state index < -0.39 is 0 Å². The van der Waals surface area contributed by atoms with Gasteiger partial charge >= 0.3 is 6.03 Å². The van der Waals surface area contributed by atoms with Gasteiger partial charge in [0, 0.05) is 25.0 Å². The van der Waals surface area contributed by atoms with Crippen LogP contribution in [0, 0.1) is 5.92 Å². The number of para-hydroxylation sites is 1. The number of rotatable bonds is 4. The summed E-state index contributed by atoms with van der Waals surface area (Å²) in [5.41, 5.74) is 1.58. The molecule has 0 spiro atoms. The van der Waals surface area contributed by atoms with Crippen molar-refractivity contribution >= 4 is 17.6 Å². The zero-order valence-electron chi connectivity index (χ0n) is 14.0. The van der Waals surface area contributed by atoms with E-state index in [1.165, 1.54) is 0 Å². The third-order valence-electron chi connectivity index (χ3n) is 4.27. The monoisotopic (exact) mass is 338 g/mol. The van der Waals surface area contributed by atoms with Crippen LogP contribution in [0.3, 0.4) is 0 Å². The first-order valence-corrected chi connectivity index (χ1v) is 8.51. The number of pyridine rings is 1. The molecule has 3 amide bonds. The van der Waals surface area contributed by atoms with E-state index in [0.29, 0.717) is 19.6 Å². The van der Waals surface area contributed by atoms with E-state index in [1.807, 2.05) is 48.5 Å². The summed E-state index contributed by atoms with van der Waals surface area (Å²) in [4.78, 5) is 30.7. The SMILES string of the molecule is O=C(NCc1ccccn1)C1CCCN(C(=O)Nc2ccccc2)C1. The van der Waals surface area contributed by atoms with E-state index in [4.69, 9.17) is 0 Å². The lowest BCUT2D eigenvalue weighted by Crippen LogP contribution is -2.46. The maximum Gasteiger partial charge on any atom is 0.321 e. The van der Waals surface area contributed by atoms with Crippen LogP contribution in [0.5, 0.6) is 0 Å². The van der Waals surface area contributed by atoms with Crippen LogP contribution in [0.1, 0.15) is 18.5 Å². The summed E-state index contributed by atoms with van der Waals surface area (Å²) in [7, 11) is 0. The van der Waals surface area contributed by atoms with Crippen molar-refractivity contribution in [3.63, 3.8) is 0 Å². The van der Waals surface area contributed by atoms with Gasteiger partial charge in [-0.25, -0.2) is 4.79 Å². The molecule has 0 saturated carbocycles.